The minimum absolute atomic E-state index is 0. The fourth-order valence-electron chi connectivity index (χ4n) is 3.98. The van der Waals surface area contributed by atoms with Crippen molar-refractivity contribution in [3.8, 4) is 5.75 Å². The fourth-order valence-corrected chi connectivity index (χ4v) is 3.98. The molecule has 1 aliphatic rings. The lowest BCUT2D eigenvalue weighted by molar-refractivity contribution is 0.301. The summed E-state index contributed by atoms with van der Waals surface area (Å²) in [7, 11) is 1.80. The predicted molar refractivity (Wildman–Crippen MR) is 150 cm³/mol. The molecule has 4 rings (SSSR count). The Bertz CT molecular complexity index is 1040. The van der Waals surface area contributed by atoms with E-state index in [0.717, 1.165) is 36.1 Å². The van der Waals surface area contributed by atoms with Gasteiger partial charge in [0.15, 0.2) is 5.96 Å². The maximum Gasteiger partial charge on any atom is 0.191 e. The molecule has 2 heterocycles. The molecule has 0 radical (unpaired) electrons. The summed E-state index contributed by atoms with van der Waals surface area (Å²) in [6.45, 7) is 5.62. The van der Waals surface area contributed by atoms with Gasteiger partial charge in [-0.3, -0.25) is 9.98 Å². The molecule has 3 aromatic rings. The average Bonchev–Trinajstić information content (AvgIpc) is 3.42. The van der Waals surface area contributed by atoms with E-state index in [2.05, 4.69) is 68.8 Å². The molecule has 1 fully saturated rings. The molecule has 180 valence electrons. The number of pyridine rings is 1. The van der Waals surface area contributed by atoms with E-state index < -0.39 is 0 Å². The first-order chi connectivity index (χ1) is 16.2. The van der Waals surface area contributed by atoms with Gasteiger partial charge in [-0.05, 0) is 67.3 Å². The standard InChI is InChI=1S/C27H33N5O.HI/c1-21(23-8-7-10-25(18-23)32-16-5-6-17-32)31-27(28-2)30-19-22-11-13-26(14-12-22)33-20-24-9-3-4-15-29-24;/h3-4,7-15,18,21H,5-6,16-17,19-20H2,1-2H3,(H2,28,30,31);1H. The van der Waals surface area contributed by atoms with Gasteiger partial charge in [-0.25, -0.2) is 0 Å². The summed E-state index contributed by atoms with van der Waals surface area (Å²) in [5.41, 5.74) is 4.65. The third-order valence-electron chi connectivity index (χ3n) is 5.91. The normalized spacial score (nSPS) is 14.3. The Kier molecular flexibility index (Phi) is 10.00. The Morgan fingerprint density at radius 1 is 1.06 bits per heavy atom. The number of nitrogens with zero attached hydrogens (tertiary/aromatic N) is 3. The van der Waals surface area contributed by atoms with Crippen LogP contribution in [0.3, 0.4) is 0 Å². The van der Waals surface area contributed by atoms with Gasteiger partial charge >= 0.3 is 0 Å². The van der Waals surface area contributed by atoms with Crippen LogP contribution in [0.5, 0.6) is 5.75 Å². The molecule has 1 unspecified atom stereocenters. The van der Waals surface area contributed by atoms with Crippen LogP contribution >= 0.6 is 24.0 Å². The van der Waals surface area contributed by atoms with Crippen molar-refractivity contribution < 1.29 is 4.74 Å². The fraction of sp³-hybridized carbons (Fsp3) is 0.333. The average molecular weight is 572 g/mol. The summed E-state index contributed by atoms with van der Waals surface area (Å²) in [5, 5.41) is 6.92. The van der Waals surface area contributed by atoms with E-state index in [9.17, 15) is 0 Å². The highest BCUT2D eigenvalue weighted by atomic mass is 127. The van der Waals surface area contributed by atoms with Gasteiger partial charge in [0.25, 0.3) is 0 Å². The first-order valence-corrected chi connectivity index (χ1v) is 11.6. The summed E-state index contributed by atoms with van der Waals surface area (Å²) >= 11 is 0. The number of benzene rings is 2. The van der Waals surface area contributed by atoms with Crippen molar-refractivity contribution >= 4 is 35.6 Å². The first-order valence-electron chi connectivity index (χ1n) is 11.6. The number of rotatable bonds is 8. The Balaban J connectivity index is 0.00000324. The third-order valence-corrected chi connectivity index (χ3v) is 5.91. The predicted octanol–water partition coefficient (Wildman–Crippen LogP) is 5.31. The molecule has 1 saturated heterocycles. The quantitative estimate of drug-likeness (QED) is 0.218. The van der Waals surface area contributed by atoms with Crippen molar-refractivity contribution in [3.05, 3.63) is 89.7 Å². The molecule has 2 N–H and O–H groups in total. The highest BCUT2D eigenvalue weighted by Crippen LogP contribution is 2.24. The molecule has 0 amide bonds. The molecule has 1 aliphatic heterocycles. The lowest BCUT2D eigenvalue weighted by atomic mass is 10.1. The Morgan fingerprint density at radius 2 is 1.85 bits per heavy atom. The van der Waals surface area contributed by atoms with Crippen molar-refractivity contribution in [2.75, 3.05) is 25.0 Å². The summed E-state index contributed by atoms with van der Waals surface area (Å²) in [4.78, 5) is 11.1. The van der Waals surface area contributed by atoms with Crippen LogP contribution in [-0.4, -0.2) is 31.1 Å². The number of anilines is 1. The smallest absolute Gasteiger partial charge is 0.191 e. The van der Waals surface area contributed by atoms with Crippen LogP contribution in [0.1, 0.15) is 42.6 Å². The van der Waals surface area contributed by atoms with E-state index in [1.165, 1.54) is 24.1 Å². The SMILES string of the molecule is CN=C(NCc1ccc(OCc2ccccn2)cc1)NC(C)c1cccc(N2CCCC2)c1.I. The van der Waals surface area contributed by atoms with Gasteiger partial charge in [0.1, 0.15) is 12.4 Å². The first kappa shape index (κ1) is 25.8. The molecular weight excluding hydrogens is 537 g/mol. The van der Waals surface area contributed by atoms with Gasteiger partial charge in [0.05, 0.1) is 11.7 Å². The number of aliphatic imine (C=N–C) groups is 1. The molecule has 34 heavy (non-hydrogen) atoms. The summed E-state index contributed by atoms with van der Waals surface area (Å²) in [6, 6.07) is 22.9. The van der Waals surface area contributed by atoms with Crippen molar-refractivity contribution in [1.29, 1.82) is 0 Å². The monoisotopic (exact) mass is 571 g/mol. The maximum atomic E-state index is 5.82. The van der Waals surface area contributed by atoms with Gasteiger partial charge in [-0.15, -0.1) is 24.0 Å². The van der Waals surface area contributed by atoms with Crippen LogP contribution in [0.2, 0.25) is 0 Å². The zero-order valence-electron chi connectivity index (χ0n) is 19.9. The Morgan fingerprint density at radius 3 is 2.56 bits per heavy atom. The van der Waals surface area contributed by atoms with E-state index in [1.807, 2.05) is 30.3 Å². The van der Waals surface area contributed by atoms with Gasteiger partial charge in [-0.2, -0.15) is 0 Å². The lowest BCUT2D eigenvalue weighted by Gasteiger charge is -2.22. The van der Waals surface area contributed by atoms with E-state index in [-0.39, 0.29) is 30.0 Å². The summed E-state index contributed by atoms with van der Waals surface area (Å²) < 4.78 is 5.82. The van der Waals surface area contributed by atoms with Crippen molar-refractivity contribution in [2.45, 2.75) is 39.0 Å². The number of aromatic nitrogens is 1. The molecule has 7 heteroatoms. The molecule has 0 bridgehead atoms. The highest BCUT2D eigenvalue weighted by Gasteiger charge is 2.14. The number of hydrogen-bond acceptors (Lipinski definition) is 4. The largest absolute Gasteiger partial charge is 0.487 e. The van der Waals surface area contributed by atoms with E-state index >= 15 is 0 Å². The summed E-state index contributed by atoms with van der Waals surface area (Å²) in [5.74, 6) is 1.61. The number of ether oxygens (including phenoxy) is 1. The molecule has 0 saturated carbocycles. The minimum atomic E-state index is 0. The molecule has 2 aromatic carbocycles. The second-order valence-corrected chi connectivity index (χ2v) is 8.33. The number of hydrogen-bond donors (Lipinski definition) is 2. The van der Waals surface area contributed by atoms with Gasteiger partial charge in [-0.1, -0.05) is 30.3 Å². The highest BCUT2D eigenvalue weighted by molar-refractivity contribution is 14.0. The van der Waals surface area contributed by atoms with Gasteiger partial charge in [0.2, 0.25) is 0 Å². The van der Waals surface area contributed by atoms with E-state index in [4.69, 9.17) is 4.74 Å². The van der Waals surface area contributed by atoms with Crippen molar-refractivity contribution in [2.24, 2.45) is 4.99 Å². The molecule has 6 nitrogen and oxygen atoms in total. The number of halogens is 1. The molecule has 1 aromatic heterocycles. The Hall–Kier alpha value is -2.81. The second kappa shape index (κ2) is 13.2. The molecule has 0 spiro atoms. The zero-order chi connectivity index (χ0) is 22.9. The van der Waals surface area contributed by atoms with Gasteiger partial charge in [0, 0.05) is 38.6 Å². The lowest BCUT2D eigenvalue weighted by Crippen LogP contribution is -2.38. The Labute approximate surface area is 219 Å². The molecular formula is C27H34IN5O. The topological polar surface area (TPSA) is 61.8 Å². The molecule has 1 atom stereocenters. The van der Waals surface area contributed by atoms with E-state index in [1.54, 1.807) is 13.2 Å². The maximum absolute atomic E-state index is 5.82. The minimum Gasteiger partial charge on any atom is -0.487 e. The van der Waals surface area contributed by atoms with Crippen LogP contribution < -0.4 is 20.3 Å². The number of nitrogens with one attached hydrogen (secondary N) is 2. The zero-order valence-corrected chi connectivity index (χ0v) is 22.2. The van der Waals surface area contributed by atoms with Crippen LogP contribution in [0.25, 0.3) is 0 Å². The summed E-state index contributed by atoms with van der Waals surface area (Å²) in [6.07, 6.45) is 4.34. The van der Waals surface area contributed by atoms with Crippen molar-refractivity contribution in [1.82, 2.24) is 15.6 Å². The van der Waals surface area contributed by atoms with Crippen molar-refractivity contribution in [3.63, 3.8) is 0 Å². The van der Waals surface area contributed by atoms with Crippen LogP contribution in [0.15, 0.2) is 77.9 Å². The van der Waals surface area contributed by atoms with Crippen LogP contribution in [-0.2, 0) is 13.2 Å². The number of guanidine groups is 1. The second-order valence-electron chi connectivity index (χ2n) is 8.33. The third kappa shape index (κ3) is 7.35. The van der Waals surface area contributed by atoms with Gasteiger partial charge < -0.3 is 20.3 Å². The molecule has 0 aliphatic carbocycles. The van der Waals surface area contributed by atoms with E-state index in [0.29, 0.717) is 13.2 Å². The van der Waals surface area contributed by atoms with Crippen LogP contribution in [0, 0.1) is 0 Å². The van der Waals surface area contributed by atoms with Crippen LogP contribution in [0.4, 0.5) is 5.69 Å².